The first-order chi connectivity index (χ1) is 10.8. The maximum Gasteiger partial charge on any atom is 0.406 e. The molecule has 2 atom stereocenters. The molecule has 1 N–H and O–H groups in total. The molecule has 2 aliphatic heterocycles. The average molecular weight is 337 g/mol. The molecule has 2 rings (SSSR count). The molecule has 23 heavy (non-hydrogen) atoms. The van der Waals surface area contributed by atoms with Crippen molar-refractivity contribution < 1.29 is 23.1 Å². The molecule has 134 valence electrons. The number of rotatable bonds is 6. The molecule has 2 heterocycles. The molecule has 8 heteroatoms. The van der Waals surface area contributed by atoms with Gasteiger partial charge in [-0.3, -0.25) is 14.6 Å². The minimum absolute atomic E-state index is 0.0366. The third kappa shape index (κ3) is 5.32. The predicted molar refractivity (Wildman–Crippen MR) is 80.0 cm³/mol. The molecule has 0 aromatic rings. The lowest BCUT2D eigenvalue weighted by molar-refractivity contribution is -0.159. The van der Waals surface area contributed by atoms with Gasteiger partial charge in [-0.1, -0.05) is 0 Å². The number of likely N-dealkylation sites (tertiary alicyclic amines) is 2. The molecule has 2 fully saturated rings. The molecular formula is C15H26F3N3O2. The molecule has 2 unspecified atom stereocenters. The molecule has 2 saturated heterocycles. The largest absolute Gasteiger partial charge is 0.406 e. The van der Waals surface area contributed by atoms with Crippen molar-refractivity contribution in [1.82, 2.24) is 14.7 Å². The molecule has 1 amide bonds. The van der Waals surface area contributed by atoms with Gasteiger partial charge < -0.3 is 10.0 Å². The van der Waals surface area contributed by atoms with Gasteiger partial charge >= 0.3 is 6.18 Å². The zero-order chi connectivity index (χ0) is 17.0. The highest BCUT2D eigenvalue weighted by atomic mass is 19.4. The number of likely N-dealkylation sites (N-methyl/N-ethyl adjacent to an activating group) is 1. The summed E-state index contributed by atoms with van der Waals surface area (Å²) in [5, 5.41) is 9.38. The summed E-state index contributed by atoms with van der Waals surface area (Å²) in [6.45, 7) is 1.44. The zero-order valence-electron chi connectivity index (χ0n) is 13.6. The van der Waals surface area contributed by atoms with E-state index >= 15 is 0 Å². The van der Waals surface area contributed by atoms with Gasteiger partial charge in [-0.25, -0.2) is 0 Å². The van der Waals surface area contributed by atoms with Crippen LogP contribution < -0.4 is 0 Å². The Balaban J connectivity index is 1.85. The van der Waals surface area contributed by atoms with Crippen molar-refractivity contribution >= 4 is 5.91 Å². The van der Waals surface area contributed by atoms with Crippen LogP contribution in [0.3, 0.4) is 0 Å². The van der Waals surface area contributed by atoms with Crippen LogP contribution in [-0.4, -0.2) is 90.4 Å². The minimum atomic E-state index is -4.36. The molecule has 0 aliphatic carbocycles. The molecule has 0 aromatic heterocycles. The Bertz CT molecular complexity index is 406. The lowest BCUT2D eigenvalue weighted by atomic mass is 10.2. The number of aliphatic hydroxyl groups excluding tert-OH is 1. The van der Waals surface area contributed by atoms with Crippen molar-refractivity contribution in [2.45, 2.75) is 43.9 Å². The van der Waals surface area contributed by atoms with E-state index in [0.29, 0.717) is 0 Å². The van der Waals surface area contributed by atoms with Crippen molar-refractivity contribution in [3.8, 4) is 0 Å². The number of halogens is 3. The van der Waals surface area contributed by atoms with E-state index < -0.39 is 18.6 Å². The van der Waals surface area contributed by atoms with Gasteiger partial charge in [0.2, 0.25) is 5.91 Å². The lowest BCUT2D eigenvalue weighted by Gasteiger charge is -2.31. The highest BCUT2D eigenvalue weighted by Gasteiger charge is 2.34. The van der Waals surface area contributed by atoms with Crippen LogP contribution in [-0.2, 0) is 4.79 Å². The number of hydrogen-bond donors (Lipinski definition) is 1. The number of nitrogens with zero attached hydrogens (tertiary/aromatic N) is 3. The van der Waals surface area contributed by atoms with Crippen molar-refractivity contribution in [3.05, 3.63) is 0 Å². The minimum Gasteiger partial charge on any atom is -0.395 e. The van der Waals surface area contributed by atoms with Crippen LogP contribution in [0.5, 0.6) is 0 Å². The van der Waals surface area contributed by atoms with E-state index in [1.54, 1.807) is 0 Å². The summed E-state index contributed by atoms with van der Waals surface area (Å²) in [5.74, 6) is -0.491. The topological polar surface area (TPSA) is 47.0 Å². The highest BCUT2D eigenvalue weighted by molar-refractivity contribution is 5.78. The first-order valence-electron chi connectivity index (χ1n) is 8.20. The van der Waals surface area contributed by atoms with E-state index in [-0.39, 0.29) is 25.2 Å². The fourth-order valence-electron chi connectivity index (χ4n) is 3.57. The number of carbonyl (C=O) groups is 1. The van der Waals surface area contributed by atoms with Crippen LogP contribution in [0.4, 0.5) is 13.2 Å². The fourth-order valence-corrected chi connectivity index (χ4v) is 3.57. The summed E-state index contributed by atoms with van der Waals surface area (Å²) in [6, 6.07) is 0.367. The summed E-state index contributed by atoms with van der Waals surface area (Å²) < 4.78 is 37.1. The first kappa shape index (κ1) is 18.5. The molecule has 0 bridgehead atoms. The van der Waals surface area contributed by atoms with E-state index in [1.807, 2.05) is 4.90 Å². The maximum atomic E-state index is 12.4. The molecule has 0 aromatic carbocycles. The number of carbonyl (C=O) groups excluding carboxylic acids is 1. The number of hydrogen-bond acceptors (Lipinski definition) is 4. The van der Waals surface area contributed by atoms with Gasteiger partial charge in [0.05, 0.1) is 13.2 Å². The Morgan fingerprint density at radius 1 is 1.17 bits per heavy atom. The van der Waals surface area contributed by atoms with Crippen LogP contribution in [0.15, 0.2) is 0 Å². The van der Waals surface area contributed by atoms with Gasteiger partial charge in [0, 0.05) is 25.7 Å². The summed E-state index contributed by atoms with van der Waals surface area (Å²) in [5.41, 5.74) is 0. The van der Waals surface area contributed by atoms with E-state index in [2.05, 4.69) is 4.90 Å². The lowest BCUT2D eigenvalue weighted by Crippen LogP contribution is -2.47. The second-order valence-corrected chi connectivity index (χ2v) is 6.61. The van der Waals surface area contributed by atoms with Crippen molar-refractivity contribution in [2.75, 3.05) is 46.4 Å². The van der Waals surface area contributed by atoms with Crippen molar-refractivity contribution in [3.63, 3.8) is 0 Å². The third-order valence-electron chi connectivity index (χ3n) is 4.83. The third-order valence-corrected chi connectivity index (χ3v) is 4.83. The predicted octanol–water partition coefficient (Wildman–Crippen LogP) is 0.928. The monoisotopic (exact) mass is 337 g/mol. The molecule has 2 aliphatic rings. The second kappa shape index (κ2) is 7.81. The number of alkyl halides is 3. The van der Waals surface area contributed by atoms with Crippen molar-refractivity contribution in [1.29, 1.82) is 0 Å². The highest BCUT2D eigenvalue weighted by Crippen LogP contribution is 2.23. The van der Waals surface area contributed by atoms with Gasteiger partial charge in [-0.05, 0) is 38.8 Å². The van der Waals surface area contributed by atoms with Gasteiger partial charge in [-0.2, -0.15) is 13.2 Å². The normalized spacial score (nSPS) is 26.8. The second-order valence-electron chi connectivity index (χ2n) is 6.61. The van der Waals surface area contributed by atoms with Crippen LogP contribution in [0.2, 0.25) is 0 Å². The molecule has 0 saturated carbocycles. The van der Waals surface area contributed by atoms with Crippen molar-refractivity contribution in [2.24, 2.45) is 0 Å². The Morgan fingerprint density at radius 3 is 2.39 bits per heavy atom. The molecule has 0 radical (unpaired) electrons. The van der Waals surface area contributed by atoms with Gasteiger partial charge in [0.25, 0.3) is 0 Å². The number of amides is 1. The van der Waals surface area contributed by atoms with E-state index in [0.717, 1.165) is 50.2 Å². The molecular weight excluding hydrogens is 311 g/mol. The fraction of sp³-hybridized carbons (Fsp3) is 0.933. The van der Waals surface area contributed by atoms with Gasteiger partial charge in [0.1, 0.15) is 6.54 Å². The Kier molecular flexibility index (Phi) is 6.27. The van der Waals surface area contributed by atoms with Crippen LogP contribution in [0.25, 0.3) is 0 Å². The molecule has 0 spiro atoms. The molecule has 5 nitrogen and oxygen atoms in total. The van der Waals surface area contributed by atoms with Gasteiger partial charge in [0.15, 0.2) is 0 Å². The quantitative estimate of drug-likeness (QED) is 0.783. The SMILES string of the molecule is CN(CC(F)(F)F)C(=O)CN1CCCC1CN1CCCC1CO. The Morgan fingerprint density at radius 2 is 1.78 bits per heavy atom. The maximum absolute atomic E-state index is 12.4. The van der Waals surface area contributed by atoms with E-state index in [4.69, 9.17) is 0 Å². The summed E-state index contributed by atoms with van der Waals surface area (Å²) >= 11 is 0. The van der Waals surface area contributed by atoms with Crippen LogP contribution >= 0.6 is 0 Å². The summed E-state index contributed by atoms with van der Waals surface area (Å²) in [4.78, 5) is 17.0. The smallest absolute Gasteiger partial charge is 0.395 e. The summed E-state index contributed by atoms with van der Waals surface area (Å²) in [7, 11) is 1.20. The van der Waals surface area contributed by atoms with Gasteiger partial charge in [-0.15, -0.1) is 0 Å². The summed E-state index contributed by atoms with van der Waals surface area (Å²) in [6.07, 6.45) is -0.413. The average Bonchev–Trinajstić information content (AvgIpc) is 3.07. The van der Waals surface area contributed by atoms with Crippen LogP contribution in [0.1, 0.15) is 25.7 Å². The van der Waals surface area contributed by atoms with E-state index in [1.165, 1.54) is 7.05 Å². The Hall–Kier alpha value is -0.860. The number of aliphatic hydroxyl groups is 1. The zero-order valence-corrected chi connectivity index (χ0v) is 13.6. The van der Waals surface area contributed by atoms with E-state index in [9.17, 15) is 23.1 Å². The van der Waals surface area contributed by atoms with Crippen LogP contribution in [0, 0.1) is 0 Å². The first-order valence-corrected chi connectivity index (χ1v) is 8.20. The standard InChI is InChI=1S/C15H26F3N3O2/c1-19(11-15(16,17)18)14(23)9-21-7-2-4-12(21)8-20-6-3-5-13(20)10-22/h12-13,22H,2-11H2,1H3. The Labute approximate surface area is 135 Å².